The van der Waals surface area contributed by atoms with Crippen LogP contribution < -0.4 is 5.32 Å². The Morgan fingerprint density at radius 2 is 1.95 bits per heavy atom. The Labute approximate surface area is 125 Å². The molecule has 0 bridgehead atoms. The van der Waals surface area contributed by atoms with E-state index < -0.39 is 12.1 Å². The second-order valence-corrected chi connectivity index (χ2v) is 6.91. The quantitative estimate of drug-likeness (QED) is 0.929. The van der Waals surface area contributed by atoms with Crippen molar-refractivity contribution in [1.82, 2.24) is 20.1 Å². The second kappa shape index (κ2) is 6.16. The summed E-state index contributed by atoms with van der Waals surface area (Å²) in [5.74, 6) is 2.34. The van der Waals surface area contributed by atoms with Gasteiger partial charge in [-0.3, -0.25) is 0 Å². The Morgan fingerprint density at radius 3 is 2.67 bits per heavy atom. The number of fused-ring (bicyclic) bond motifs is 1. The van der Waals surface area contributed by atoms with Crippen LogP contribution in [0.15, 0.2) is 0 Å². The molecule has 0 saturated carbocycles. The average molecular weight is 320 g/mol. The van der Waals surface area contributed by atoms with Gasteiger partial charge >= 0.3 is 6.18 Å². The summed E-state index contributed by atoms with van der Waals surface area (Å²) >= 11 is 1.95. The highest BCUT2D eigenvalue weighted by Gasteiger charge is 2.42. The van der Waals surface area contributed by atoms with Gasteiger partial charge in [0.25, 0.3) is 0 Å². The fourth-order valence-corrected chi connectivity index (χ4v) is 4.02. The van der Waals surface area contributed by atoms with Crippen LogP contribution in [0.4, 0.5) is 13.2 Å². The predicted octanol–water partition coefficient (Wildman–Crippen LogP) is 2.39. The summed E-state index contributed by atoms with van der Waals surface area (Å²) in [6.45, 7) is 0.469. The third-order valence-corrected chi connectivity index (χ3v) is 5.31. The molecule has 0 spiro atoms. The molecule has 1 aromatic rings. The van der Waals surface area contributed by atoms with Crippen molar-refractivity contribution in [2.75, 3.05) is 11.5 Å². The summed E-state index contributed by atoms with van der Waals surface area (Å²) in [7, 11) is 0. The Balaban J connectivity index is 1.64. The van der Waals surface area contributed by atoms with E-state index in [1.807, 2.05) is 11.8 Å². The first-order valence-electron chi connectivity index (χ1n) is 7.33. The molecule has 3 heterocycles. The fraction of sp³-hybridized carbons (Fsp3) is 0.846. The van der Waals surface area contributed by atoms with Crippen LogP contribution in [-0.2, 0) is 19.5 Å². The molecule has 0 radical (unpaired) electrons. The summed E-state index contributed by atoms with van der Waals surface area (Å²) in [6, 6.07) is 0.446. The van der Waals surface area contributed by atoms with E-state index in [4.69, 9.17) is 0 Å². The summed E-state index contributed by atoms with van der Waals surface area (Å²) in [6.07, 6.45) is -1.44. The smallest absolute Gasteiger partial charge is 0.313 e. The molecule has 1 atom stereocenters. The zero-order valence-corrected chi connectivity index (χ0v) is 12.5. The number of nitrogens with one attached hydrogen (secondary N) is 1. The Bertz CT molecular complexity index is 482. The van der Waals surface area contributed by atoms with Crippen molar-refractivity contribution in [3.63, 3.8) is 0 Å². The highest BCUT2D eigenvalue weighted by atomic mass is 32.2. The number of thioether (sulfide) groups is 1. The molecule has 1 N–H and O–H groups in total. The second-order valence-electron chi connectivity index (χ2n) is 5.69. The Kier molecular flexibility index (Phi) is 4.44. The normalized spacial score (nSPS) is 24.0. The van der Waals surface area contributed by atoms with E-state index in [1.165, 1.54) is 0 Å². The van der Waals surface area contributed by atoms with Crippen molar-refractivity contribution < 1.29 is 13.2 Å². The number of hydrogen-bond donors (Lipinski definition) is 1. The lowest BCUT2D eigenvalue weighted by molar-refractivity contribution is -0.182. The van der Waals surface area contributed by atoms with Crippen LogP contribution >= 0.6 is 11.8 Å². The molecule has 0 amide bonds. The van der Waals surface area contributed by atoms with Crippen molar-refractivity contribution in [1.29, 1.82) is 0 Å². The lowest BCUT2D eigenvalue weighted by Gasteiger charge is -2.27. The van der Waals surface area contributed by atoms with Crippen molar-refractivity contribution >= 4 is 11.8 Å². The summed E-state index contributed by atoms with van der Waals surface area (Å²) in [5.41, 5.74) is 0. The molecule has 0 aromatic carbocycles. The van der Waals surface area contributed by atoms with Crippen LogP contribution in [0.1, 0.15) is 30.9 Å². The topological polar surface area (TPSA) is 42.7 Å². The molecular weight excluding hydrogens is 301 g/mol. The zero-order chi connectivity index (χ0) is 14.9. The van der Waals surface area contributed by atoms with Gasteiger partial charge in [0.2, 0.25) is 0 Å². The van der Waals surface area contributed by atoms with Crippen molar-refractivity contribution in [3.05, 3.63) is 11.6 Å². The molecule has 118 valence electrons. The molecule has 0 aliphatic carbocycles. The predicted molar refractivity (Wildman–Crippen MR) is 75.1 cm³/mol. The number of halogens is 3. The fourth-order valence-electron chi connectivity index (χ4n) is 2.92. The number of alkyl halides is 3. The first-order valence-corrected chi connectivity index (χ1v) is 8.48. The lowest BCUT2D eigenvalue weighted by Crippen LogP contribution is -2.35. The number of rotatable bonds is 3. The van der Waals surface area contributed by atoms with Crippen LogP contribution in [0.2, 0.25) is 0 Å². The molecule has 1 fully saturated rings. The first-order chi connectivity index (χ1) is 10.0. The molecule has 1 aromatic heterocycles. The van der Waals surface area contributed by atoms with Gasteiger partial charge in [-0.2, -0.15) is 24.9 Å². The van der Waals surface area contributed by atoms with Gasteiger partial charge in [-0.25, -0.2) is 0 Å². The van der Waals surface area contributed by atoms with Crippen LogP contribution in [0, 0.1) is 5.92 Å². The van der Waals surface area contributed by atoms with Crippen molar-refractivity contribution in [3.8, 4) is 0 Å². The highest BCUT2D eigenvalue weighted by molar-refractivity contribution is 7.99. The minimum absolute atomic E-state index is 0.0383. The molecule has 4 nitrogen and oxygen atoms in total. The lowest BCUT2D eigenvalue weighted by atomic mass is 9.99. The zero-order valence-electron chi connectivity index (χ0n) is 11.7. The van der Waals surface area contributed by atoms with E-state index in [2.05, 4.69) is 15.5 Å². The number of hydrogen-bond acceptors (Lipinski definition) is 4. The van der Waals surface area contributed by atoms with Crippen molar-refractivity contribution in [2.45, 2.75) is 51.0 Å². The monoisotopic (exact) mass is 320 g/mol. The van der Waals surface area contributed by atoms with Crippen LogP contribution in [-0.4, -0.2) is 38.5 Å². The highest BCUT2D eigenvalue weighted by Crippen LogP contribution is 2.34. The van der Waals surface area contributed by atoms with E-state index in [1.54, 1.807) is 4.57 Å². The standard InChI is InChI=1S/C13H19F3N4S/c14-13(15,16)9-1-2-11-18-19-12(20(11)8-9)7-17-10-3-5-21-6-4-10/h9-10,17H,1-8H2. The molecule has 8 heteroatoms. The number of aromatic nitrogens is 3. The van der Waals surface area contributed by atoms with Gasteiger partial charge < -0.3 is 9.88 Å². The maximum atomic E-state index is 12.9. The molecule has 2 aliphatic rings. The van der Waals surface area contributed by atoms with E-state index in [9.17, 15) is 13.2 Å². The van der Waals surface area contributed by atoms with Gasteiger partial charge in [0.15, 0.2) is 0 Å². The van der Waals surface area contributed by atoms with Gasteiger partial charge in [0.1, 0.15) is 11.6 Å². The Hall–Kier alpha value is -0.760. The number of aryl methyl sites for hydroxylation is 1. The number of nitrogens with zero attached hydrogens (tertiary/aromatic N) is 3. The maximum Gasteiger partial charge on any atom is 0.393 e. The van der Waals surface area contributed by atoms with E-state index in [0.717, 1.165) is 24.3 Å². The minimum atomic E-state index is -4.13. The molecule has 3 rings (SSSR count). The SMILES string of the molecule is FC(F)(F)C1CCc2nnc(CNC3CCSCC3)n2C1. The van der Waals surface area contributed by atoms with Crippen molar-refractivity contribution in [2.24, 2.45) is 5.92 Å². The van der Waals surface area contributed by atoms with Crippen LogP contribution in [0.5, 0.6) is 0 Å². The summed E-state index contributed by atoms with van der Waals surface area (Å²) in [4.78, 5) is 0. The first kappa shape index (κ1) is 15.1. The van der Waals surface area contributed by atoms with E-state index in [-0.39, 0.29) is 13.0 Å². The largest absolute Gasteiger partial charge is 0.393 e. The van der Waals surface area contributed by atoms with Gasteiger partial charge in [-0.05, 0) is 30.8 Å². The maximum absolute atomic E-state index is 12.9. The molecule has 2 aliphatic heterocycles. The third-order valence-electron chi connectivity index (χ3n) is 4.26. The summed E-state index contributed by atoms with van der Waals surface area (Å²) in [5, 5.41) is 11.5. The third kappa shape index (κ3) is 3.53. The van der Waals surface area contributed by atoms with Gasteiger partial charge in [-0.15, -0.1) is 10.2 Å². The molecule has 1 saturated heterocycles. The average Bonchev–Trinajstić information content (AvgIpc) is 2.87. The van der Waals surface area contributed by atoms with Gasteiger partial charge in [0.05, 0.1) is 12.5 Å². The molecule has 1 unspecified atom stereocenters. The van der Waals surface area contributed by atoms with E-state index in [0.29, 0.717) is 30.7 Å². The van der Waals surface area contributed by atoms with Gasteiger partial charge in [-0.1, -0.05) is 0 Å². The van der Waals surface area contributed by atoms with Crippen LogP contribution in [0.3, 0.4) is 0 Å². The minimum Gasteiger partial charge on any atom is -0.313 e. The Morgan fingerprint density at radius 1 is 1.19 bits per heavy atom. The summed E-state index contributed by atoms with van der Waals surface area (Å²) < 4.78 is 40.3. The van der Waals surface area contributed by atoms with Gasteiger partial charge in [0, 0.05) is 19.0 Å². The molecule has 21 heavy (non-hydrogen) atoms. The van der Waals surface area contributed by atoms with E-state index >= 15 is 0 Å². The van der Waals surface area contributed by atoms with Crippen LogP contribution in [0.25, 0.3) is 0 Å². The molecular formula is C13H19F3N4S.